The fourth-order valence-corrected chi connectivity index (χ4v) is 3.21. The van der Waals surface area contributed by atoms with Gasteiger partial charge in [-0.05, 0) is 43.3 Å². The molecule has 29 heavy (non-hydrogen) atoms. The van der Waals surface area contributed by atoms with E-state index >= 15 is 0 Å². The van der Waals surface area contributed by atoms with Gasteiger partial charge < -0.3 is 15.0 Å². The van der Waals surface area contributed by atoms with Crippen molar-refractivity contribution in [3.05, 3.63) is 54.3 Å². The van der Waals surface area contributed by atoms with Crippen molar-refractivity contribution in [2.24, 2.45) is 0 Å². The molecule has 9 heteroatoms. The lowest BCUT2D eigenvalue weighted by atomic mass is 10.2. The number of hydrogen-bond acceptors (Lipinski definition) is 4. The summed E-state index contributed by atoms with van der Waals surface area (Å²) in [4.78, 5) is 16.4. The summed E-state index contributed by atoms with van der Waals surface area (Å²) in [5.74, 6) is -0.897. The van der Waals surface area contributed by atoms with Crippen molar-refractivity contribution in [1.29, 1.82) is 0 Å². The zero-order valence-electron chi connectivity index (χ0n) is 15.7. The third-order valence-corrected chi connectivity index (χ3v) is 4.79. The summed E-state index contributed by atoms with van der Waals surface area (Å²) in [7, 11) is 0. The minimum Gasteiger partial charge on any atom is -0.406 e. The normalized spacial score (nSPS) is 16.4. The van der Waals surface area contributed by atoms with E-state index in [4.69, 9.17) is 0 Å². The minimum atomic E-state index is -4.76. The smallest absolute Gasteiger partial charge is 0.406 e. The van der Waals surface area contributed by atoms with Gasteiger partial charge >= 0.3 is 6.36 Å². The highest BCUT2D eigenvalue weighted by Crippen LogP contribution is 2.24. The number of piperazine rings is 1. The van der Waals surface area contributed by atoms with Crippen LogP contribution in [-0.2, 0) is 4.79 Å². The van der Waals surface area contributed by atoms with Crippen molar-refractivity contribution in [2.75, 3.05) is 36.4 Å². The van der Waals surface area contributed by atoms with E-state index < -0.39 is 12.4 Å². The molecule has 1 atom stereocenters. The lowest BCUT2D eigenvalue weighted by molar-refractivity contribution is -0.274. The van der Waals surface area contributed by atoms with E-state index in [0.29, 0.717) is 37.6 Å². The number of hydrogen-bond donors (Lipinski definition) is 1. The maximum absolute atomic E-state index is 13.9. The molecule has 5 nitrogen and oxygen atoms in total. The summed E-state index contributed by atoms with van der Waals surface area (Å²) >= 11 is 0. The van der Waals surface area contributed by atoms with Crippen molar-refractivity contribution in [3.8, 4) is 5.75 Å². The van der Waals surface area contributed by atoms with E-state index in [9.17, 15) is 22.4 Å². The number of benzene rings is 2. The Hall–Kier alpha value is -2.81. The molecule has 1 aliphatic heterocycles. The fourth-order valence-electron chi connectivity index (χ4n) is 3.21. The van der Waals surface area contributed by atoms with Crippen LogP contribution < -0.4 is 15.0 Å². The Bertz CT molecular complexity index is 834. The predicted molar refractivity (Wildman–Crippen MR) is 101 cm³/mol. The molecule has 0 unspecified atom stereocenters. The Balaban J connectivity index is 1.52. The van der Waals surface area contributed by atoms with Gasteiger partial charge in [-0.15, -0.1) is 13.2 Å². The van der Waals surface area contributed by atoms with Crippen LogP contribution in [0.1, 0.15) is 6.92 Å². The number of nitrogens with zero attached hydrogens (tertiary/aromatic N) is 2. The van der Waals surface area contributed by atoms with Crippen LogP contribution in [0, 0.1) is 5.82 Å². The fraction of sp³-hybridized carbons (Fsp3) is 0.350. The maximum Gasteiger partial charge on any atom is 0.573 e. The van der Waals surface area contributed by atoms with Crippen LogP contribution in [0.2, 0.25) is 0 Å². The number of carbonyl (C=O) groups excluding carboxylic acids is 1. The molecule has 156 valence electrons. The van der Waals surface area contributed by atoms with Crippen LogP contribution in [0.15, 0.2) is 48.5 Å². The van der Waals surface area contributed by atoms with Crippen LogP contribution in [0.3, 0.4) is 0 Å². The molecule has 0 saturated carbocycles. The SMILES string of the molecule is C[C@@H](C(=O)Nc1ccc(OC(F)(F)F)cc1)N1CCN(c2ccccc2F)CC1. The summed E-state index contributed by atoms with van der Waals surface area (Å²) in [5, 5.41) is 2.69. The van der Waals surface area contributed by atoms with Crippen LogP contribution in [0.25, 0.3) is 0 Å². The first kappa shape index (κ1) is 20.9. The van der Waals surface area contributed by atoms with Gasteiger partial charge in [-0.1, -0.05) is 12.1 Å². The number of alkyl halides is 3. The monoisotopic (exact) mass is 411 g/mol. The zero-order chi connectivity index (χ0) is 21.0. The summed E-state index contributed by atoms with van der Waals surface area (Å²) in [5.41, 5.74) is 0.923. The van der Waals surface area contributed by atoms with Crippen molar-refractivity contribution in [3.63, 3.8) is 0 Å². The molecule has 1 fully saturated rings. The lowest BCUT2D eigenvalue weighted by Crippen LogP contribution is -2.53. The van der Waals surface area contributed by atoms with Crippen LogP contribution in [-0.4, -0.2) is 49.4 Å². The van der Waals surface area contributed by atoms with Crippen molar-refractivity contribution in [2.45, 2.75) is 19.3 Å². The van der Waals surface area contributed by atoms with Gasteiger partial charge in [0.05, 0.1) is 11.7 Å². The third kappa shape index (κ3) is 5.60. The number of halogens is 4. The average Bonchev–Trinajstić information content (AvgIpc) is 2.68. The van der Waals surface area contributed by atoms with E-state index in [0.717, 1.165) is 12.1 Å². The molecule has 3 rings (SSSR count). The van der Waals surface area contributed by atoms with Crippen LogP contribution in [0.4, 0.5) is 28.9 Å². The molecule has 1 saturated heterocycles. The molecule has 2 aromatic carbocycles. The molecule has 0 spiro atoms. The molecule has 0 aliphatic carbocycles. The van der Waals surface area contributed by atoms with Crippen LogP contribution >= 0.6 is 0 Å². The standard InChI is InChI=1S/C20H21F4N3O2/c1-14(19(28)25-15-6-8-16(9-7-15)29-20(22,23)24)26-10-12-27(13-11-26)18-5-3-2-4-17(18)21/h2-9,14H,10-13H2,1H3,(H,25,28)/t14-/m0/s1. The number of amides is 1. The van der Waals surface area contributed by atoms with Gasteiger partial charge in [0, 0.05) is 31.9 Å². The van der Waals surface area contributed by atoms with Crippen LogP contribution in [0.5, 0.6) is 5.75 Å². The number of rotatable bonds is 5. The summed E-state index contributed by atoms with van der Waals surface area (Å²) in [6.45, 7) is 4.10. The van der Waals surface area contributed by atoms with E-state index in [-0.39, 0.29) is 17.5 Å². The highest BCUT2D eigenvalue weighted by molar-refractivity contribution is 5.94. The first-order chi connectivity index (χ1) is 13.7. The average molecular weight is 411 g/mol. The van der Waals surface area contributed by atoms with Crippen molar-refractivity contribution < 1.29 is 27.1 Å². The summed E-state index contributed by atoms with van der Waals surface area (Å²) in [6.07, 6.45) is -4.76. The van der Waals surface area contributed by atoms with E-state index in [1.165, 1.54) is 18.2 Å². The first-order valence-corrected chi connectivity index (χ1v) is 9.13. The number of anilines is 2. The maximum atomic E-state index is 13.9. The summed E-state index contributed by atoms with van der Waals surface area (Å²) < 4.78 is 54.3. The molecule has 0 aromatic heterocycles. The molecule has 2 aromatic rings. The van der Waals surface area contributed by atoms with Crippen molar-refractivity contribution >= 4 is 17.3 Å². The first-order valence-electron chi connectivity index (χ1n) is 9.13. The van der Waals surface area contributed by atoms with Gasteiger partial charge in [0.15, 0.2) is 0 Å². The molecule has 1 amide bonds. The van der Waals surface area contributed by atoms with Gasteiger partial charge in [-0.25, -0.2) is 4.39 Å². The van der Waals surface area contributed by atoms with E-state index in [1.54, 1.807) is 25.1 Å². The largest absolute Gasteiger partial charge is 0.573 e. The lowest BCUT2D eigenvalue weighted by Gasteiger charge is -2.38. The van der Waals surface area contributed by atoms with E-state index in [2.05, 4.69) is 10.1 Å². The second-order valence-corrected chi connectivity index (χ2v) is 6.71. The zero-order valence-corrected chi connectivity index (χ0v) is 15.7. The summed E-state index contributed by atoms with van der Waals surface area (Å²) in [6, 6.07) is 11.1. The Kier molecular flexibility index (Phi) is 6.26. The second-order valence-electron chi connectivity index (χ2n) is 6.71. The molecule has 0 bridgehead atoms. The Morgan fingerprint density at radius 2 is 1.66 bits per heavy atom. The highest BCUT2D eigenvalue weighted by atomic mass is 19.4. The van der Waals surface area contributed by atoms with Gasteiger partial charge in [0.2, 0.25) is 5.91 Å². The molecular formula is C20H21F4N3O2. The molecule has 1 N–H and O–H groups in total. The Morgan fingerprint density at radius 3 is 2.24 bits per heavy atom. The van der Waals surface area contributed by atoms with E-state index in [1.807, 2.05) is 9.80 Å². The van der Waals surface area contributed by atoms with Crippen molar-refractivity contribution in [1.82, 2.24) is 4.90 Å². The quantitative estimate of drug-likeness (QED) is 0.759. The predicted octanol–water partition coefficient (Wildman–Crippen LogP) is 3.87. The Labute approximate surface area is 165 Å². The molecular weight excluding hydrogens is 390 g/mol. The molecule has 1 aliphatic rings. The number of carbonyl (C=O) groups is 1. The molecule has 1 heterocycles. The number of para-hydroxylation sites is 1. The van der Waals surface area contributed by atoms with Gasteiger partial charge in [0.25, 0.3) is 0 Å². The van der Waals surface area contributed by atoms with Gasteiger partial charge in [0.1, 0.15) is 11.6 Å². The van der Waals surface area contributed by atoms with Gasteiger partial charge in [-0.2, -0.15) is 0 Å². The third-order valence-electron chi connectivity index (χ3n) is 4.79. The molecule has 0 radical (unpaired) electrons. The number of ether oxygens (including phenoxy) is 1. The minimum absolute atomic E-state index is 0.270. The highest BCUT2D eigenvalue weighted by Gasteiger charge is 2.31. The van der Waals surface area contributed by atoms with Gasteiger partial charge in [-0.3, -0.25) is 9.69 Å². The number of nitrogens with one attached hydrogen (secondary N) is 1. The Morgan fingerprint density at radius 1 is 1.03 bits per heavy atom. The topological polar surface area (TPSA) is 44.8 Å². The second kappa shape index (κ2) is 8.69.